The molecule has 0 saturated carbocycles. The van der Waals surface area contributed by atoms with Crippen LogP contribution in [0.25, 0.3) is 11.5 Å². The number of methoxy groups -OCH3 is 3. The van der Waals surface area contributed by atoms with Crippen molar-refractivity contribution >= 4 is 12.6 Å². The number of benzene rings is 1. The molecule has 0 aliphatic carbocycles. The van der Waals surface area contributed by atoms with E-state index in [-0.39, 0.29) is 5.22 Å². The molecular formula is C11H12N2O4S. The molecule has 0 radical (unpaired) electrons. The minimum absolute atomic E-state index is 0.193. The van der Waals surface area contributed by atoms with Gasteiger partial charge in [0.15, 0.2) is 11.5 Å². The van der Waals surface area contributed by atoms with Crippen molar-refractivity contribution in [2.45, 2.75) is 5.22 Å². The molecule has 96 valence electrons. The average molecular weight is 268 g/mol. The van der Waals surface area contributed by atoms with E-state index in [9.17, 15) is 0 Å². The predicted octanol–water partition coefficient (Wildman–Crippen LogP) is 2.05. The maximum absolute atomic E-state index is 5.23. The van der Waals surface area contributed by atoms with Crippen LogP contribution < -0.4 is 14.2 Å². The van der Waals surface area contributed by atoms with Crippen LogP contribution in [-0.4, -0.2) is 31.5 Å². The lowest BCUT2D eigenvalue weighted by Gasteiger charge is -2.12. The highest BCUT2D eigenvalue weighted by Gasteiger charge is 2.16. The van der Waals surface area contributed by atoms with E-state index in [0.29, 0.717) is 28.7 Å². The highest BCUT2D eigenvalue weighted by Crippen LogP contribution is 2.40. The first kappa shape index (κ1) is 12.6. The second-order valence-electron chi connectivity index (χ2n) is 3.30. The van der Waals surface area contributed by atoms with Gasteiger partial charge in [0.1, 0.15) is 0 Å². The summed E-state index contributed by atoms with van der Waals surface area (Å²) in [7, 11) is 4.62. The number of aromatic nitrogens is 2. The Labute approximate surface area is 109 Å². The second-order valence-corrected chi connectivity index (χ2v) is 3.69. The van der Waals surface area contributed by atoms with Crippen molar-refractivity contribution in [1.29, 1.82) is 0 Å². The summed E-state index contributed by atoms with van der Waals surface area (Å²) in [6, 6.07) is 3.45. The van der Waals surface area contributed by atoms with Crippen molar-refractivity contribution in [2.24, 2.45) is 0 Å². The Hall–Kier alpha value is -1.89. The molecule has 0 aliphatic heterocycles. The molecule has 0 aliphatic rings. The Morgan fingerprint density at radius 1 is 1.00 bits per heavy atom. The molecule has 1 aromatic carbocycles. The molecule has 0 saturated heterocycles. The maximum Gasteiger partial charge on any atom is 0.273 e. The van der Waals surface area contributed by atoms with Gasteiger partial charge in [-0.3, -0.25) is 0 Å². The smallest absolute Gasteiger partial charge is 0.273 e. The van der Waals surface area contributed by atoms with Gasteiger partial charge in [0.2, 0.25) is 11.6 Å². The molecule has 0 fully saturated rings. The zero-order chi connectivity index (χ0) is 13.1. The Kier molecular flexibility index (Phi) is 3.61. The van der Waals surface area contributed by atoms with Crippen molar-refractivity contribution in [2.75, 3.05) is 21.3 Å². The fourth-order valence-electron chi connectivity index (χ4n) is 1.54. The van der Waals surface area contributed by atoms with E-state index < -0.39 is 0 Å². The summed E-state index contributed by atoms with van der Waals surface area (Å²) in [4.78, 5) is 0. The summed E-state index contributed by atoms with van der Waals surface area (Å²) >= 11 is 3.96. The van der Waals surface area contributed by atoms with E-state index >= 15 is 0 Å². The molecule has 0 spiro atoms. The van der Waals surface area contributed by atoms with Crippen molar-refractivity contribution in [3.8, 4) is 28.7 Å². The number of hydrogen-bond donors (Lipinski definition) is 1. The third-order valence-electron chi connectivity index (χ3n) is 2.33. The largest absolute Gasteiger partial charge is 0.493 e. The van der Waals surface area contributed by atoms with E-state index in [4.69, 9.17) is 18.6 Å². The van der Waals surface area contributed by atoms with Gasteiger partial charge in [-0.1, -0.05) is 12.6 Å². The SMILES string of the molecule is COc1cc(-c2nnc(S)o2)cc(OC)c1OC. The molecular weight excluding hydrogens is 256 g/mol. The number of ether oxygens (including phenoxy) is 3. The Balaban J connectivity index is 2.56. The Morgan fingerprint density at radius 3 is 2.00 bits per heavy atom. The van der Waals surface area contributed by atoms with Gasteiger partial charge in [-0.25, -0.2) is 0 Å². The van der Waals surface area contributed by atoms with Crippen LogP contribution >= 0.6 is 12.6 Å². The van der Waals surface area contributed by atoms with E-state index in [0.717, 1.165) is 0 Å². The monoisotopic (exact) mass is 268 g/mol. The fraction of sp³-hybridized carbons (Fsp3) is 0.273. The number of hydrogen-bond acceptors (Lipinski definition) is 7. The summed E-state index contributed by atoms with van der Waals surface area (Å²) in [5.74, 6) is 1.88. The highest BCUT2D eigenvalue weighted by atomic mass is 32.1. The van der Waals surface area contributed by atoms with E-state index in [1.54, 1.807) is 33.5 Å². The van der Waals surface area contributed by atoms with Gasteiger partial charge in [0.25, 0.3) is 5.22 Å². The van der Waals surface area contributed by atoms with E-state index in [1.165, 1.54) is 0 Å². The molecule has 0 N–H and O–H groups in total. The molecule has 2 rings (SSSR count). The first-order valence-corrected chi connectivity index (χ1v) is 5.47. The third-order valence-corrected chi connectivity index (χ3v) is 2.51. The van der Waals surface area contributed by atoms with Crippen LogP contribution in [0.3, 0.4) is 0 Å². The highest BCUT2D eigenvalue weighted by molar-refractivity contribution is 7.80. The minimum atomic E-state index is 0.193. The van der Waals surface area contributed by atoms with Crippen molar-refractivity contribution < 1.29 is 18.6 Å². The molecule has 0 unspecified atom stereocenters. The van der Waals surface area contributed by atoms with Gasteiger partial charge in [0, 0.05) is 5.56 Å². The summed E-state index contributed by atoms with van der Waals surface area (Å²) in [6.45, 7) is 0. The fourth-order valence-corrected chi connectivity index (χ4v) is 1.67. The minimum Gasteiger partial charge on any atom is -0.493 e. The molecule has 7 heteroatoms. The van der Waals surface area contributed by atoms with Crippen LogP contribution in [0.1, 0.15) is 0 Å². The van der Waals surface area contributed by atoms with Gasteiger partial charge >= 0.3 is 0 Å². The predicted molar refractivity (Wildman–Crippen MR) is 66.6 cm³/mol. The lowest BCUT2D eigenvalue weighted by Crippen LogP contribution is -1.95. The normalized spacial score (nSPS) is 10.2. The number of thiol groups is 1. The van der Waals surface area contributed by atoms with Crippen LogP contribution in [0.5, 0.6) is 17.2 Å². The molecule has 1 heterocycles. The van der Waals surface area contributed by atoms with Crippen LogP contribution in [0.4, 0.5) is 0 Å². The van der Waals surface area contributed by atoms with Gasteiger partial charge in [0.05, 0.1) is 21.3 Å². The van der Waals surface area contributed by atoms with Gasteiger partial charge in [-0.15, -0.1) is 10.2 Å². The van der Waals surface area contributed by atoms with Crippen LogP contribution in [0, 0.1) is 0 Å². The maximum atomic E-state index is 5.23. The molecule has 2 aromatic rings. The average Bonchev–Trinajstić information content (AvgIpc) is 2.83. The Morgan fingerprint density at radius 2 is 1.61 bits per heavy atom. The van der Waals surface area contributed by atoms with Gasteiger partial charge in [-0.05, 0) is 12.1 Å². The van der Waals surface area contributed by atoms with Crippen LogP contribution in [-0.2, 0) is 0 Å². The summed E-state index contributed by atoms with van der Waals surface area (Å²) in [6.07, 6.45) is 0. The molecule has 0 amide bonds. The molecule has 18 heavy (non-hydrogen) atoms. The molecule has 6 nitrogen and oxygen atoms in total. The molecule has 0 atom stereocenters. The Bertz CT molecular complexity index is 531. The van der Waals surface area contributed by atoms with Crippen molar-refractivity contribution in [1.82, 2.24) is 10.2 Å². The topological polar surface area (TPSA) is 66.6 Å². The number of rotatable bonds is 4. The van der Waals surface area contributed by atoms with Gasteiger partial charge in [-0.2, -0.15) is 0 Å². The third kappa shape index (κ3) is 2.21. The zero-order valence-corrected chi connectivity index (χ0v) is 11.0. The number of nitrogens with zero attached hydrogens (tertiary/aromatic N) is 2. The van der Waals surface area contributed by atoms with Crippen molar-refractivity contribution in [3.05, 3.63) is 12.1 Å². The van der Waals surface area contributed by atoms with E-state index in [1.807, 2.05) is 0 Å². The lowest BCUT2D eigenvalue weighted by molar-refractivity contribution is 0.324. The molecule has 1 aromatic heterocycles. The van der Waals surface area contributed by atoms with Gasteiger partial charge < -0.3 is 18.6 Å². The van der Waals surface area contributed by atoms with E-state index in [2.05, 4.69) is 22.8 Å². The van der Waals surface area contributed by atoms with Crippen LogP contribution in [0.2, 0.25) is 0 Å². The second kappa shape index (κ2) is 5.18. The quantitative estimate of drug-likeness (QED) is 0.856. The summed E-state index contributed by atoms with van der Waals surface area (Å²) in [5, 5.41) is 7.72. The van der Waals surface area contributed by atoms with Crippen LogP contribution in [0.15, 0.2) is 21.8 Å². The zero-order valence-electron chi connectivity index (χ0n) is 10.1. The lowest BCUT2D eigenvalue weighted by atomic mass is 10.2. The standard InChI is InChI=1S/C11H12N2O4S/c1-14-7-4-6(10-12-13-11(18)17-10)5-8(15-2)9(7)16-3/h4-5H,1-3H3,(H,13,18). The summed E-state index contributed by atoms with van der Waals surface area (Å²) < 4.78 is 20.9. The summed E-state index contributed by atoms with van der Waals surface area (Å²) in [5.41, 5.74) is 0.664. The first-order chi connectivity index (χ1) is 8.69. The van der Waals surface area contributed by atoms with Crippen molar-refractivity contribution in [3.63, 3.8) is 0 Å². The first-order valence-electron chi connectivity index (χ1n) is 5.02. The molecule has 0 bridgehead atoms.